The number of carboxylic acid groups (broad SMARTS) is 1. The third-order valence-electron chi connectivity index (χ3n) is 2.15. The highest BCUT2D eigenvalue weighted by Crippen LogP contribution is 2.29. The molecule has 0 spiro atoms. The van der Waals surface area contributed by atoms with Crippen LogP contribution in [0, 0.1) is 0 Å². The molecular weight excluding hydrogens is 256 g/mol. The molecule has 0 unspecified atom stereocenters. The van der Waals surface area contributed by atoms with Crippen LogP contribution in [0.1, 0.15) is 10.5 Å². The molecule has 1 N–H and O–H groups in total. The number of carboxylic acids is 1. The molecule has 3 aromatic rings. The van der Waals surface area contributed by atoms with Crippen molar-refractivity contribution < 1.29 is 18.7 Å². The number of benzene rings is 1. The minimum absolute atomic E-state index is 0.145. The number of oxazole rings is 2. The van der Waals surface area contributed by atoms with Crippen molar-refractivity contribution in [3.05, 3.63) is 36.2 Å². The molecule has 0 atom stereocenters. The first kappa shape index (κ1) is 10.8. The van der Waals surface area contributed by atoms with Crippen molar-refractivity contribution in [2.75, 3.05) is 0 Å². The largest absolute Gasteiger partial charge is 0.476 e. The second-order valence-electron chi connectivity index (χ2n) is 3.35. The summed E-state index contributed by atoms with van der Waals surface area (Å²) in [4.78, 5) is 18.6. The van der Waals surface area contributed by atoms with Crippen LogP contribution in [0.2, 0.25) is 0 Å². The van der Waals surface area contributed by atoms with Gasteiger partial charge in [-0.1, -0.05) is 12.1 Å². The molecule has 0 fully saturated rings. The van der Waals surface area contributed by atoms with Crippen molar-refractivity contribution in [1.29, 1.82) is 0 Å². The van der Waals surface area contributed by atoms with E-state index in [1.54, 1.807) is 6.07 Å². The van der Waals surface area contributed by atoms with Crippen LogP contribution in [0.3, 0.4) is 0 Å². The van der Waals surface area contributed by atoms with Crippen molar-refractivity contribution in [3.8, 4) is 0 Å². The Hall–Kier alpha value is -2.28. The van der Waals surface area contributed by atoms with Crippen molar-refractivity contribution in [1.82, 2.24) is 9.97 Å². The lowest BCUT2D eigenvalue weighted by Gasteiger charge is -1.86. The van der Waals surface area contributed by atoms with Gasteiger partial charge < -0.3 is 13.9 Å². The van der Waals surface area contributed by atoms with Crippen LogP contribution in [0.5, 0.6) is 0 Å². The van der Waals surface area contributed by atoms with Gasteiger partial charge in [0.25, 0.3) is 10.4 Å². The quantitative estimate of drug-likeness (QED) is 0.775. The SMILES string of the molecule is O=C(O)c1coc(Sc2nc3ccccc3o2)n1. The Morgan fingerprint density at radius 1 is 1.22 bits per heavy atom. The van der Waals surface area contributed by atoms with Gasteiger partial charge in [-0.25, -0.2) is 9.78 Å². The number of nitrogens with zero attached hydrogens (tertiary/aromatic N) is 2. The summed E-state index contributed by atoms with van der Waals surface area (Å²) in [5.41, 5.74) is 1.24. The molecule has 0 aliphatic carbocycles. The second kappa shape index (κ2) is 4.19. The smallest absolute Gasteiger partial charge is 0.357 e. The van der Waals surface area contributed by atoms with Gasteiger partial charge in [-0.05, 0) is 12.1 Å². The molecule has 0 amide bonds. The van der Waals surface area contributed by atoms with E-state index in [2.05, 4.69) is 9.97 Å². The molecule has 0 radical (unpaired) electrons. The molecule has 2 aromatic heterocycles. The van der Waals surface area contributed by atoms with Gasteiger partial charge >= 0.3 is 5.97 Å². The maximum Gasteiger partial charge on any atom is 0.357 e. The average molecular weight is 262 g/mol. The Morgan fingerprint density at radius 3 is 2.78 bits per heavy atom. The zero-order valence-corrected chi connectivity index (χ0v) is 9.68. The zero-order chi connectivity index (χ0) is 12.5. The van der Waals surface area contributed by atoms with E-state index in [9.17, 15) is 4.79 Å². The van der Waals surface area contributed by atoms with Crippen LogP contribution in [0.15, 0.2) is 49.8 Å². The fourth-order valence-corrected chi connectivity index (χ4v) is 2.04. The van der Waals surface area contributed by atoms with E-state index >= 15 is 0 Å². The first-order valence-corrected chi connectivity index (χ1v) is 5.76. The predicted molar refractivity (Wildman–Crippen MR) is 61.6 cm³/mol. The molecule has 6 nitrogen and oxygen atoms in total. The van der Waals surface area contributed by atoms with Gasteiger partial charge in [0.1, 0.15) is 11.8 Å². The molecule has 0 aliphatic heterocycles. The summed E-state index contributed by atoms with van der Waals surface area (Å²) in [5.74, 6) is -1.14. The van der Waals surface area contributed by atoms with E-state index in [1.165, 1.54) is 0 Å². The van der Waals surface area contributed by atoms with E-state index in [0.29, 0.717) is 10.8 Å². The van der Waals surface area contributed by atoms with Gasteiger partial charge in [0.15, 0.2) is 11.3 Å². The summed E-state index contributed by atoms with van der Waals surface area (Å²) < 4.78 is 10.4. The Morgan fingerprint density at radius 2 is 2.06 bits per heavy atom. The molecule has 0 saturated carbocycles. The van der Waals surface area contributed by atoms with Crippen LogP contribution in [0.25, 0.3) is 11.1 Å². The minimum Gasteiger partial charge on any atom is -0.476 e. The van der Waals surface area contributed by atoms with Gasteiger partial charge in [0.2, 0.25) is 0 Å². The summed E-state index contributed by atoms with van der Waals surface area (Å²) >= 11 is 1.03. The number of fused-ring (bicyclic) bond motifs is 1. The number of hydrogen-bond acceptors (Lipinski definition) is 6. The Bertz CT molecular complexity index is 685. The van der Waals surface area contributed by atoms with Crippen molar-refractivity contribution >= 4 is 28.8 Å². The summed E-state index contributed by atoms with van der Waals surface area (Å²) in [6.45, 7) is 0. The predicted octanol–water partition coefficient (Wildman–Crippen LogP) is 2.67. The molecule has 0 saturated heterocycles. The number of hydrogen-bond donors (Lipinski definition) is 1. The number of para-hydroxylation sites is 2. The van der Waals surface area contributed by atoms with Gasteiger partial charge in [-0.2, -0.15) is 4.98 Å². The van der Waals surface area contributed by atoms with Gasteiger partial charge in [0, 0.05) is 11.8 Å². The molecule has 0 bridgehead atoms. The van der Waals surface area contributed by atoms with Crippen LogP contribution < -0.4 is 0 Å². The van der Waals surface area contributed by atoms with E-state index in [-0.39, 0.29) is 10.9 Å². The third kappa shape index (κ3) is 1.95. The van der Waals surface area contributed by atoms with E-state index in [1.807, 2.05) is 18.2 Å². The van der Waals surface area contributed by atoms with E-state index < -0.39 is 5.97 Å². The topological polar surface area (TPSA) is 89.4 Å². The Labute approximate surface area is 105 Å². The highest BCUT2D eigenvalue weighted by molar-refractivity contribution is 7.98. The molecular formula is C11H6N2O4S. The fraction of sp³-hybridized carbons (Fsp3) is 0. The lowest BCUT2D eigenvalue weighted by Crippen LogP contribution is -1.95. The molecule has 18 heavy (non-hydrogen) atoms. The highest BCUT2D eigenvalue weighted by Gasteiger charge is 2.14. The van der Waals surface area contributed by atoms with Gasteiger partial charge in [-0.3, -0.25) is 0 Å². The number of carbonyl (C=O) groups is 1. The molecule has 1 aromatic carbocycles. The van der Waals surface area contributed by atoms with Crippen molar-refractivity contribution in [3.63, 3.8) is 0 Å². The molecule has 3 rings (SSSR count). The van der Waals surface area contributed by atoms with E-state index in [4.69, 9.17) is 13.9 Å². The maximum atomic E-state index is 10.6. The lowest BCUT2D eigenvalue weighted by atomic mass is 10.3. The van der Waals surface area contributed by atoms with E-state index in [0.717, 1.165) is 23.5 Å². The monoisotopic (exact) mass is 262 g/mol. The lowest BCUT2D eigenvalue weighted by molar-refractivity contribution is 0.0690. The van der Waals surface area contributed by atoms with Crippen LogP contribution >= 0.6 is 11.8 Å². The van der Waals surface area contributed by atoms with Gasteiger partial charge in [0.05, 0.1) is 0 Å². The summed E-state index contributed by atoms with van der Waals surface area (Å²) in [5, 5.41) is 9.24. The first-order valence-electron chi connectivity index (χ1n) is 4.94. The van der Waals surface area contributed by atoms with Gasteiger partial charge in [-0.15, -0.1) is 0 Å². The second-order valence-corrected chi connectivity index (χ2v) is 4.26. The first-order chi connectivity index (χ1) is 8.72. The summed E-state index contributed by atoms with van der Waals surface area (Å²) in [6, 6.07) is 7.31. The molecule has 7 heteroatoms. The van der Waals surface area contributed by atoms with Crippen LogP contribution in [-0.2, 0) is 0 Å². The average Bonchev–Trinajstić information content (AvgIpc) is 2.94. The zero-order valence-electron chi connectivity index (χ0n) is 8.86. The molecule has 90 valence electrons. The van der Waals surface area contributed by atoms with Crippen LogP contribution in [-0.4, -0.2) is 21.0 Å². The number of rotatable bonds is 3. The van der Waals surface area contributed by atoms with Crippen molar-refractivity contribution in [2.24, 2.45) is 0 Å². The van der Waals surface area contributed by atoms with Crippen LogP contribution in [0.4, 0.5) is 0 Å². The fourth-order valence-electron chi connectivity index (χ4n) is 1.37. The maximum absolute atomic E-state index is 10.6. The minimum atomic E-state index is -1.14. The Balaban J connectivity index is 1.88. The Kier molecular flexibility index (Phi) is 2.52. The third-order valence-corrected chi connectivity index (χ3v) is 2.86. The summed E-state index contributed by atoms with van der Waals surface area (Å²) in [7, 11) is 0. The summed E-state index contributed by atoms with van der Waals surface area (Å²) in [6.07, 6.45) is 1.08. The standard InChI is InChI=1S/C11H6N2O4S/c14-9(15)7-5-16-10(13-7)18-11-12-6-3-1-2-4-8(6)17-11/h1-5H,(H,14,15). The molecule has 0 aliphatic rings. The normalized spacial score (nSPS) is 10.9. The number of aromatic carboxylic acids is 1. The highest BCUT2D eigenvalue weighted by atomic mass is 32.2. The molecule has 2 heterocycles. The van der Waals surface area contributed by atoms with Crippen molar-refractivity contribution in [2.45, 2.75) is 10.4 Å². The number of aromatic nitrogens is 2.